The molecule has 0 atom stereocenters. The Morgan fingerprint density at radius 1 is 1.42 bits per heavy atom. The topological polar surface area (TPSA) is 112 Å². The number of H-pyrrole nitrogens is 1. The van der Waals surface area contributed by atoms with Crippen LogP contribution in [-0.2, 0) is 10.0 Å². The minimum atomic E-state index is -3.80. The number of anilines is 1. The molecule has 0 radical (unpaired) electrons. The van der Waals surface area contributed by atoms with Crippen LogP contribution in [0.5, 0.6) is 0 Å². The van der Waals surface area contributed by atoms with Crippen LogP contribution in [0.1, 0.15) is 15.9 Å². The largest absolute Gasteiger partial charge is 0.478 e. The first kappa shape index (κ1) is 13.1. The number of aromatic amines is 1. The third-order valence-corrected chi connectivity index (χ3v) is 3.78. The number of sulfonamides is 1. The lowest BCUT2D eigenvalue weighted by Gasteiger charge is -2.09. The monoisotopic (exact) mass is 281 g/mol. The van der Waals surface area contributed by atoms with Crippen molar-refractivity contribution < 1.29 is 18.3 Å². The van der Waals surface area contributed by atoms with E-state index in [4.69, 9.17) is 5.11 Å². The van der Waals surface area contributed by atoms with Gasteiger partial charge in [0.05, 0.1) is 23.8 Å². The molecular weight excluding hydrogens is 270 g/mol. The number of benzene rings is 1. The maximum absolute atomic E-state index is 12.0. The smallest absolute Gasteiger partial charge is 0.335 e. The summed E-state index contributed by atoms with van der Waals surface area (Å²) in [5.41, 5.74) is 0.843. The molecule has 1 heterocycles. The van der Waals surface area contributed by atoms with E-state index in [1.165, 1.54) is 30.7 Å². The highest BCUT2D eigenvalue weighted by molar-refractivity contribution is 7.92. The minimum Gasteiger partial charge on any atom is -0.478 e. The van der Waals surface area contributed by atoms with Gasteiger partial charge in [-0.1, -0.05) is 6.07 Å². The molecule has 1 aromatic heterocycles. The number of hydrogen-bond acceptors (Lipinski definition) is 4. The average molecular weight is 281 g/mol. The van der Waals surface area contributed by atoms with Crippen molar-refractivity contribution in [2.45, 2.75) is 11.9 Å². The molecule has 0 aliphatic heterocycles. The van der Waals surface area contributed by atoms with Crippen molar-refractivity contribution in [2.75, 3.05) is 4.72 Å². The second kappa shape index (κ2) is 4.73. The molecule has 0 amide bonds. The van der Waals surface area contributed by atoms with E-state index >= 15 is 0 Å². The molecular formula is C11H11N3O4S. The van der Waals surface area contributed by atoms with Gasteiger partial charge in [-0.25, -0.2) is 9.78 Å². The van der Waals surface area contributed by atoms with E-state index in [1.807, 2.05) is 0 Å². The predicted molar refractivity (Wildman–Crippen MR) is 67.5 cm³/mol. The Labute approximate surface area is 109 Å². The summed E-state index contributed by atoms with van der Waals surface area (Å²) in [6.07, 6.45) is 2.41. The molecule has 0 aliphatic rings. The fourth-order valence-electron chi connectivity index (χ4n) is 1.45. The lowest BCUT2D eigenvalue weighted by Crippen LogP contribution is -2.14. The van der Waals surface area contributed by atoms with E-state index in [0.29, 0.717) is 5.56 Å². The molecule has 2 aromatic rings. The quantitative estimate of drug-likeness (QED) is 0.780. The number of aromatic carboxylic acids is 1. The molecule has 0 saturated carbocycles. The van der Waals surface area contributed by atoms with Crippen molar-refractivity contribution in [1.29, 1.82) is 0 Å². The van der Waals surface area contributed by atoms with Gasteiger partial charge in [0.1, 0.15) is 0 Å². The highest BCUT2D eigenvalue weighted by atomic mass is 32.2. The Hall–Kier alpha value is -2.35. The average Bonchev–Trinajstić information content (AvgIpc) is 2.85. The number of aryl methyl sites for hydroxylation is 1. The summed E-state index contributed by atoms with van der Waals surface area (Å²) in [4.78, 5) is 17.0. The van der Waals surface area contributed by atoms with E-state index in [2.05, 4.69) is 14.7 Å². The Kier molecular flexibility index (Phi) is 3.26. The highest BCUT2D eigenvalue weighted by Gasteiger charge is 2.17. The van der Waals surface area contributed by atoms with Crippen LogP contribution in [0.4, 0.5) is 5.69 Å². The molecule has 2 rings (SSSR count). The van der Waals surface area contributed by atoms with Crippen molar-refractivity contribution in [3.05, 3.63) is 41.9 Å². The van der Waals surface area contributed by atoms with Gasteiger partial charge in [-0.05, 0) is 24.6 Å². The van der Waals surface area contributed by atoms with Crippen LogP contribution in [0, 0.1) is 6.92 Å². The van der Waals surface area contributed by atoms with Gasteiger partial charge in [-0.15, -0.1) is 0 Å². The normalized spacial score (nSPS) is 11.2. The highest BCUT2D eigenvalue weighted by Crippen LogP contribution is 2.20. The van der Waals surface area contributed by atoms with E-state index in [-0.39, 0.29) is 16.3 Å². The van der Waals surface area contributed by atoms with Gasteiger partial charge in [0, 0.05) is 0 Å². The SMILES string of the molecule is Cc1ccc(C(=O)O)cc1NS(=O)(=O)c1cnc[nH]1. The zero-order chi connectivity index (χ0) is 14.0. The molecule has 1 aromatic carbocycles. The standard InChI is InChI=1S/C11H11N3O4S/c1-7-2-3-8(11(15)16)4-9(7)14-19(17,18)10-5-12-6-13-10/h2-6,14H,1H3,(H,12,13)(H,15,16). The maximum Gasteiger partial charge on any atom is 0.335 e. The van der Waals surface area contributed by atoms with Crippen LogP contribution in [0.15, 0.2) is 35.7 Å². The summed E-state index contributed by atoms with van der Waals surface area (Å²) in [6.45, 7) is 1.68. The molecule has 0 spiro atoms. The van der Waals surface area contributed by atoms with E-state index < -0.39 is 16.0 Å². The van der Waals surface area contributed by atoms with E-state index in [1.54, 1.807) is 6.92 Å². The Balaban J connectivity index is 2.39. The fourth-order valence-corrected chi connectivity index (χ4v) is 2.48. The molecule has 7 nitrogen and oxygen atoms in total. The Morgan fingerprint density at radius 3 is 2.74 bits per heavy atom. The number of hydrogen-bond donors (Lipinski definition) is 3. The second-order valence-electron chi connectivity index (χ2n) is 3.86. The number of carboxylic acids is 1. The van der Waals surface area contributed by atoms with Crippen LogP contribution in [-0.4, -0.2) is 29.5 Å². The summed E-state index contributed by atoms with van der Waals surface area (Å²) in [6, 6.07) is 4.21. The first-order valence-corrected chi connectivity index (χ1v) is 6.73. The first-order valence-electron chi connectivity index (χ1n) is 5.25. The summed E-state index contributed by atoms with van der Waals surface area (Å²) < 4.78 is 26.3. The first-order chi connectivity index (χ1) is 8.90. The Bertz CT molecular complexity index is 708. The number of nitrogens with one attached hydrogen (secondary N) is 2. The molecule has 0 saturated heterocycles. The van der Waals surface area contributed by atoms with Gasteiger partial charge in [0.2, 0.25) is 0 Å². The van der Waals surface area contributed by atoms with Crippen LogP contribution in [0.25, 0.3) is 0 Å². The van der Waals surface area contributed by atoms with Crippen LogP contribution >= 0.6 is 0 Å². The third-order valence-electron chi connectivity index (χ3n) is 2.49. The van der Waals surface area contributed by atoms with Gasteiger partial charge in [-0.3, -0.25) is 4.72 Å². The third kappa shape index (κ3) is 2.74. The van der Waals surface area contributed by atoms with Crippen molar-refractivity contribution in [3.8, 4) is 0 Å². The van der Waals surface area contributed by atoms with E-state index in [9.17, 15) is 13.2 Å². The van der Waals surface area contributed by atoms with Gasteiger partial charge in [0.25, 0.3) is 10.0 Å². The predicted octanol–water partition coefficient (Wildman–Crippen LogP) is 1.22. The summed E-state index contributed by atoms with van der Waals surface area (Å²) >= 11 is 0. The molecule has 0 aliphatic carbocycles. The second-order valence-corrected chi connectivity index (χ2v) is 5.51. The Morgan fingerprint density at radius 2 is 2.16 bits per heavy atom. The number of carboxylic acid groups (broad SMARTS) is 1. The van der Waals surface area contributed by atoms with Crippen molar-refractivity contribution in [1.82, 2.24) is 9.97 Å². The van der Waals surface area contributed by atoms with Gasteiger partial charge >= 0.3 is 5.97 Å². The maximum atomic E-state index is 12.0. The number of aromatic nitrogens is 2. The van der Waals surface area contributed by atoms with Crippen molar-refractivity contribution >= 4 is 21.7 Å². The number of imidazole rings is 1. The molecule has 19 heavy (non-hydrogen) atoms. The fraction of sp³-hybridized carbons (Fsp3) is 0.0909. The van der Waals surface area contributed by atoms with Gasteiger partial charge < -0.3 is 10.1 Å². The van der Waals surface area contributed by atoms with Crippen LogP contribution in [0.2, 0.25) is 0 Å². The summed E-state index contributed by atoms with van der Waals surface area (Å²) in [5, 5.41) is 8.80. The lowest BCUT2D eigenvalue weighted by atomic mass is 10.1. The molecule has 0 unspecified atom stereocenters. The number of carbonyl (C=O) groups is 1. The molecule has 0 bridgehead atoms. The van der Waals surface area contributed by atoms with Gasteiger partial charge in [0.15, 0.2) is 5.03 Å². The summed E-state index contributed by atoms with van der Waals surface area (Å²) in [5.74, 6) is -1.12. The molecule has 100 valence electrons. The summed E-state index contributed by atoms with van der Waals surface area (Å²) in [7, 11) is -3.80. The number of nitrogens with zero attached hydrogens (tertiary/aromatic N) is 1. The molecule has 8 heteroatoms. The van der Waals surface area contributed by atoms with Crippen LogP contribution < -0.4 is 4.72 Å². The zero-order valence-electron chi connectivity index (χ0n) is 9.91. The van der Waals surface area contributed by atoms with Crippen LogP contribution in [0.3, 0.4) is 0 Å². The zero-order valence-corrected chi connectivity index (χ0v) is 10.7. The molecule has 0 fully saturated rings. The lowest BCUT2D eigenvalue weighted by molar-refractivity contribution is 0.0697. The minimum absolute atomic E-state index is 0.00732. The van der Waals surface area contributed by atoms with Crippen molar-refractivity contribution in [2.24, 2.45) is 0 Å². The van der Waals surface area contributed by atoms with E-state index in [0.717, 1.165) is 0 Å². The van der Waals surface area contributed by atoms with Crippen molar-refractivity contribution in [3.63, 3.8) is 0 Å². The molecule has 3 N–H and O–H groups in total. The number of rotatable bonds is 4. The van der Waals surface area contributed by atoms with Gasteiger partial charge in [-0.2, -0.15) is 8.42 Å².